The minimum atomic E-state index is -1.07. The monoisotopic (exact) mass is 271 g/mol. The van der Waals surface area contributed by atoms with E-state index in [0.29, 0.717) is 19.5 Å². The molecule has 6 heteroatoms. The number of amides is 2. The van der Waals surface area contributed by atoms with Crippen molar-refractivity contribution in [2.75, 3.05) is 26.2 Å². The molecule has 1 saturated heterocycles. The normalized spacial score (nSPS) is 23.2. The van der Waals surface area contributed by atoms with Crippen molar-refractivity contribution >= 4 is 12.0 Å². The van der Waals surface area contributed by atoms with Gasteiger partial charge in [0.05, 0.1) is 0 Å². The molecule has 1 fully saturated rings. The fraction of sp³-hybridized carbons (Fsp3) is 0.846. The van der Waals surface area contributed by atoms with Gasteiger partial charge in [0.25, 0.3) is 0 Å². The van der Waals surface area contributed by atoms with Gasteiger partial charge >= 0.3 is 12.0 Å². The second-order valence-electron chi connectivity index (χ2n) is 5.13. The molecule has 3 N–H and O–H groups in total. The summed E-state index contributed by atoms with van der Waals surface area (Å²) in [5.74, 6) is -0.921. The summed E-state index contributed by atoms with van der Waals surface area (Å²) < 4.78 is 0. The molecule has 0 bridgehead atoms. The van der Waals surface area contributed by atoms with Crippen molar-refractivity contribution in [3.8, 4) is 0 Å². The summed E-state index contributed by atoms with van der Waals surface area (Å²) in [5, 5.41) is 15.3. The van der Waals surface area contributed by atoms with E-state index in [1.165, 1.54) is 4.90 Å². The Balaban J connectivity index is 2.47. The van der Waals surface area contributed by atoms with Crippen molar-refractivity contribution in [2.45, 2.75) is 45.1 Å². The van der Waals surface area contributed by atoms with Crippen LogP contribution in [0.3, 0.4) is 0 Å². The Bertz CT molecular complexity index is 322. The minimum Gasteiger partial charge on any atom is -0.480 e. The SMILES string of the molecule is CCNCCCNC(=O)N1CCCCC1(C)C(=O)O. The van der Waals surface area contributed by atoms with E-state index in [9.17, 15) is 14.7 Å². The van der Waals surface area contributed by atoms with Crippen LogP contribution in [0.2, 0.25) is 0 Å². The van der Waals surface area contributed by atoms with E-state index in [0.717, 1.165) is 32.4 Å². The summed E-state index contributed by atoms with van der Waals surface area (Å²) in [4.78, 5) is 24.9. The molecule has 1 aliphatic rings. The molecule has 110 valence electrons. The van der Waals surface area contributed by atoms with Gasteiger partial charge in [-0.15, -0.1) is 0 Å². The number of likely N-dealkylation sites (tertiary alicyclic amines) is 1. The molecular weight excluding hydrogens is 246 g/mol. The lowest BCUT2D eigenvalue weighted by molar-refractivity contribution is -0.150. The summed E-state index contributed by atoms with van der Waals surface area (Å²) in [5.41, 5.74) is -1.07. The van der Waals surface area contributed by atoms with Gasteiger partial charge in [0.15, 0.2) is 0 Å². The molecule has 0 aromatic heterocycles. The smallest absolute Gasteiger partial charge is 0.329 e. The Morgan fingerprint density at radius 3 is 2.68 bits per heavy atom. The maximum atomic E-state index is 12.1. The lowest BCUT2D eigenvalue weighted by Crippen LogP contribution is -2.60. The topological polar surface area (TPSA) is 81.7 Å². The van der Waals surface area contributed by atoms with Gasteiger partial charge in [-0.2, -0.15) is 0 Å². The number of aliphatic carboxylic acids is 1. The highest BCUT2D eigenvalue weighted by Crippen LogP contribution is 2.28. The second kappa shape index (κ2) is 7.33. The average molecular weight is 271 g/mol. The maximum absolute atomic E-state index is 12.1. The molecular formula is C13H25N3O3. The van der Waals surface area contributed by atoms with E-state index in [1.54, 1.807) is 6.92 Å². The predicted octanol–water partition coefficient (Wildman–Crippen LogP) is 1.02. The maximum Gasteiger partial charge on any atom is 0.329 e. The molecule has 1 rings (SSSR count). The van der Waals surface area contributed by atoms with Crippen molar-refractivity contribution in [3.63, 3.8) is 0 Å². The van der Waals surface area contributed by atoms with E-state index >= 15 is 0 Å². The van der Waals surface area contributed by atoms with Crippen molar-refractivity contribution in [1.82, 2.24) is 15.5 Å². The van der Waals surface area contributed by atoms with Crippen LogP contribution in [0.25, 0.3) is 0 Å². The summed E-state index contributed by atoms with van der Waals surface area (Å²) in [6, 6.07) is -0.263. The Kier molecular flexibility index (Phi) is 6.08. The first-order chi connectivity index (χ1) is 9.02. The van der Waals surface area contributed by atoms with Crippen molar-refractivity contribution in [1.29, 1.82) is 0 Å². The molecule has 6 nitrogen and oxygen atoms in total. The first-order valence-electron chi connectivity index (χ1n) is 7.02. The fourth-order valence-electron chi connectivity index (χ4n) is 2.35. The molecule has 1 heterocycles. The largest absolute Gasteiger partial charge is 0.480 e. The lowest BCUT2D eigenvalue weighted by atomic mass is 9.89. The second-order valence-corrected chi connectivity index (χ2v) is 5.13. The third kappa shape index (κ3) is 4.09. The number of urea groups is 1. The number of piperidine rings is 1. The van der Waals surface area contributed by atoms with Crippen LogP contribution in [-0.4, -0.2) is 53.7 Å². The first kappa shape index (κ1) is 15.8. The Labute approximate surface area is 114 Å². The molecule has 0 spiro atoms. The highest BCUT2D eigenvalue weighted by molar-refractivity contribution is 5.86. The molecule has 1 aliphatic heterocycles. The van der Waals surface area contributed by atoms with Gasteiger partial charge in [-0.05, 0) is 45.7 Å². The number of nitrogens with zero attached hydrogens (tertiary/aromatic N) is 1. The number of carbonyl (C=O) groups is 2. The molecule has 2 amide bonds. The van der Waals surface area contributed by atoms with Gasteiger partial charge in [-0.25, -0.2) is 9.59 Å². The zero-order valence-corrected chi connectivity index (χ0v) is 11.9. The Morgan fingerprint density at radius 2 is 2.05 bits per heavy atom. The molecule has 0 aromatic rings. The number of hydrogen-bond donors (Lipinski definition) is 3. The van der Waals surface area contributed by atoms with E-state index in [2.05, 4.69) is 10.6 Å². The van der Waals surface area contributed by atoms with Gasteiger partial charge in [0.1, 0.15) is 5.54 Å². The standard InChI is InChI=1S/C13H25N3O3/c1-3-14-8-6-9-15-12(19)16-10-5-4-7-13(16,2)11(17)18/h14H,3-10H2,1-2H3,(H,15,19)(H,17,18). The highest BCUT2D eigenvalue weighted by Gasteiger charge is 2.43. The van der Waals surface area contributed by atoms with Crippen molar-refractivity contribution in [2.24, 2.45) is 0 Å². The van der Waals surface area contributed by atoms with Gasteiger partial charge in [-0.1, -0.05) is 6.92 Å². The van der Waals surface area contributed by atoms with E-state index in [4.69, 9.17) is 0 Å². The number of carbonyl (C=O) groups excluding carboxylic acids is 1. The first-order valence-corrected chi connectivity index (χ1v) is 7.02. The molecule has 0 radical (unpaired) electrons. The van der Waals surface area contributed by atoms with Gasteiger partial charge in [-0.3, -0.25) is 0 Å². The molecule has 19 heavy (non-hydrogen) atoms. The number of nitrogens with one attached hydrogen (secondary N) is 2. The number of hydrogen-bond acceptors (Lipinski definition) is 3. The van der Waals surface area contributed by atoms with Gasteiger partial charge in [0.2, 0.25) is 0 Å². The van der Waals surface area contributed by atoms with Crippen LogP contribution in [0, 0.1) is 0 Å². The van der Waals surface area contributed by atoms with Crippen LogP contribution in [0.5, 0.6) is 0 Å². The van der Waals surface area contributed by atoms with E-state index in [1.807, 2.05) is 6.92 Å². The molecule has 0 aliphatic carbocycles. The summed E-state index contributed by atoms with van der Waals surface area (Å²) >= 11 is 0. The van der Waals surface area contributed by atoms with Crippen LogP contribution in [-0.2, 0) is 4.79 Å². The van der Waals surface area contributed by atoms with Gasteiger partial charge < -0.3 is 20.6 Å². The number of carboxylic acids is 1. The van der Waals surface area contributed by atoms with Crippen LogP contribution >= 0.6 is 0 Å². The molecule has 0 saturated carbocycles. The van der Waals surface area contributed by atoms with Crippen molar-refractivity contribution < 1.29 is 14.7 Å². The third-order valence-corrected chi connectivity index (χ3v) is 3.65. The summed E-state index contributed by atoms with van der Waals surface area (Å²) in [6.07, 6.45) is 3.09. The van der Waals surface area contributed by atoms with Gasteiger partial charge in [0, 0.05) is 13.1 Å². The summed E-state index contributed by atoms with van der Waals surface area (Å²) in [6.45, 7) is 6.52. The Hall–Kier alpha value is -1.30. The average Bonchev–Trinajstić information content (AvgIpc) is 2.38. The van der Waals surface area contributed by atoms with Crippen LogP contribution in [0.15, 0.2) is 0 Å². The zero-order chi connectivity index (χ0) is 14.3. The molecule has 0 aromatic carbocycles. The fourth-order valence-corrected chi connectivity index (χ4v) is 2.35. The van der Waals surface area contributed by atoms with E-state index < -0.39 is 11.5 Å². The zero-order valence-electron chi connectivity index (χ0n) is 11.9. The van der Waals surface area contributed by atoms with E-state index in [-0.39, 0.29) is 6.03 Å². The Morgan fingerprint density at radius 1 is 1.32 bits per heavy atom. The van der Waals surface area contributed by atoms with Crippen molar-refractivity contribution in [3.05, 3.63) is 0 Å². The number of carboxylic acid groups (broad SMARTS) is 1. The highest BCUT2D eigenvalue weighted by atomic mass is 16.4. The minimum absolute atomic E-state index is 0.263. The number of rotatable bonds is 6. The molecule has 1 atom stereocenters. The quantitative estimate of drug-likeness (QED) is 0.630. The van der Waals surface area contributed by atoms with Crippen LogP contribution < -0.4 is 10.6 Å². The lowest BCUT2D eigenvalue weighted by Gasteiger charge is -2.41. The molecule has 1 unspecified atom stereocenters. The van der Waals surface area contributed by atoms with Crippen LogP contribution in [0.1, 0.15) is 39.5 Å². The third-order valence-electron chi connectivity index (χ3n) is 3.65. The predicted molar refractivity (Wildman–Crippen MR) is 73.2 cm³/mol. The summed E-state index contributed by atoms with van der Waals surface area (Å²) in [7, 11) is 0. The van der Waals surface area contributed by atoms with Crippen LogP contribution in [0.4, 0.5) is 4.79 Å².